The Bertz CT molecular complexity index is 326. The molecule has 0 N–H and O–H groups in total. The molecule has 0 spiro atoms. The number of rotatable bonds is 2. The third-order valence-corrected chi connectivity index (χ3v) is 4.49. The van der Waals surface area contributed by atoms with Gasteiger partial charge in [0.25, 0.3) is 0 Å². The first kappa shape index (κ1) is 11.4. The quantitative estimate of drug-likeness (QED) is 0.793. The van der Waals surface area contributed by atoms with Crippen molar-refractivity contribution >= 4 is 22.9 Å². The first-order valence-corrected chi connectivity index (χ1v) is 6.70. The summed E-state index contributed by atoms with van der Waals surface area (Å²) in [5.74, 6) is 0.808. The predicted octanol–water partition coefficient (Wildman–Crippen LogP) is 3.42. The Hall–Kier alpha value is -0.120. The molecule has 2 heterocycles. The summed E-state index contributed by atoms with van der Waals surface area (Å²) in [7, 11) is 0. The normalized spacial score (nSPS) is 28.2. The lowest BCUT2D eigenvalue weighted by molar-refractivity contribution is 0.107. The van der Waals surface area contributed by atoms with Crippen molar-refractivity contribution in [3.63, 3.8) is 0 Å². The summed E-state index contributed by atoms with van der Waals surface area (Å²) in [5.41, 5.74) is 0. The number of hydrogen-bond acceptors (Lipinski definition) is 3. The van der Waals surface area contributed by atoms with E-state index >= 15 is 0 Å². The van der Waals surface area contributed by atoms with E-state index in [-0.39, 0.29) is 0 Å². The highest BCUT2D eigenvalue weighted by molar-refractivity contribution is 7.15. The van der Waals surface area contributed by atoms with Gasteiger partial charge in [-0.25, -0.2) is 4.98 Å². The zero-order valence-corrected chi connectivity index (χ0v) is 10.8. The lowest BCUT2D eigenvalue weighted by Crippen LogP contribution is -2.41. The third-order valence-electron chi connectivity index (χ3n) is 3.39. The van der Waals surface area contributed by atoms with Gasteiger partial charge in [0.1, 0.15) is 0 Å². The molecule has 1 aromatic rings. The van der Waals surface area contributed by atoms with Crippen LogP contribution in [0.25, 0.3) is 0 Å². The van der Waals surface area contributed by atoms with Crippen LogP contribution in [-0.2, 0) is 6.54 Å². The molecule has 0 amide bonds. The zero-order chi connectivity index (χ0) is 10.8. The van der Waals surface area contributed by atoms with Crippen molar-refractivity contribution in [1.29, 1.82) is 0 Å². The zero-order valence-electron chi connectivity index (χ0n) is 9.24. The molecule has 0 bridgehead atoms. The van der Waals surface area contributed by atoms with Gasteiger partial charge in [-0.05, 0) is 32.2 Å². The number of aromatic nitrogens is 1. The number of likely N-dealkylation sites (tertiary alicyclic amines) is 1. The van der Waals surface area contributed by atoms with Gasteiger partial charge >= 0.3 is 0 Å². The summed E-state index contributed by atoms with van der Waals surface area (Å²) >= 11 is 7.43. The van der Waals surface area contributed by atoms with Gasteiger partial charge in [0.2, 0.25) is 0 Å². The molecule has 15 heavy (non-hydrogen) atoms. The molecule has 1 aliphatic rings. The van der Waals surface area contributed by atoms with Crippen LogP contribution in [0.1, 0.15) is 31.6 Å². The minimum Gasteiger partial charge on any atom is -0.295 e. The fourth-order valence-corrected chi connectivity index (χ4v) is 3.20. The smallest absolute Gasteiger partial charge is 0.183 e. The SMILES string of the molecule is CC1CCCN(Cc2cnc(Cl)s2)C1C. The molecule has 2 atom stereocenters. The second-order valence-corrected chi connectivity index (χ2v) is 6.11. The van der Waals surface area contributed by atoms with E-state index < -0.39 is 0 Å². The largest absolute Gasteiger partial charge is 0.295 e. The van der Waals surface area contributed by atoms with Crippen molar-refractivity contribution in [3.05, 3.63) is 15.5 Å². The second kappa shape index (κ2) is 4.81. The van der Waals surface area contributed by atoms with Crippen molar-refractivity contribution in [1.82, 2.24) is 9.88 Å². The standard InChI is InChI=1S/C11H17ClN2S/c1-8-4-3-5-14(9(8)2)7-10-6-13-11(12)15-10/h6,8-9H,3-5,7H2,1-2H3. The van der Waals surface area contributed by atoms with Crippen LogP contribution < -0.4 is 0 Å². The van der Waals surface area contributed by atoms with Gasteiger partial charge in [-0.1, -0.05) is 18.5 Å². The summed E-state index contributed by atoms with van der Waals surface area (Å²) in [6, 6.07) is 0.680. The maximum Gasteiger partial charge on any atom is 0.183 e. The van der Waals surface area contributed by atoms with Gasteiger partial charge in [-0.15, -0.1) is 11.3 Å². The molecule has 1 saturated heterocycles. The van der Waals surface area contributed by atoms with Gasteiger partial charge in [0.15, 0.2) is 4.47 Å². The maximum absolute atomic E-state index is 5.83. The van der Waals surface area contributed by atoms with E-state index in [4.69, 9.17) is 11.6 Å². The molecule has 84 valence electrons. The van der Waals surface area contributed by atoms with E-state index in [2.05, 4.69) is 23.7 Å². The molecule has 0 saturated carbocycles. The first-order valence-electron chi connectivity index (χ1n) is 5.51. The topological polar surface area (TPSA) is 16.1 Å². The van der Waals surface area contributed by atoms with Crippen molar-refractivity contribution in [2.45, 2.75) is 39.3 Å². The average Bonchev–Trinajstić information content (AvgIpc) is 2.59. The second-order valence-electron chi connectivity index (χ2n) is 4.41. The molecule has 2 nitrogen and oxygen atoms in total. The molecule has 1 fully saturated rings. The lowest BCUT2D eigenvalue weighted by Gasteiger charge is -2.37. The first-order chi connectivity index (χ1) is 7.16. The van der Waals surface area contributed by atoms with Crippen LogP contribution in [0.3, 0.4) is 0 Å². The van der Waals surface area contributed by atoms with Crippen LogP contribution in [0.5, 0.6) is 0 Å². The molecule has 1 aliphatic heterocycles. The number of piperidine rings is 1. The van der Waals surface area contributed by atoms with Crippen LogP contribution in [0.15, 0.2) is 6.20 Å². The number of hydrogen-bond donors (Lipinski definition) is 0. The Morgan fingerprint density at radius 2 is 2.40 bits per heavy atom. The Kier molecular flexibility index (Phi) is 3.65. The highest BCUT2D eigenvalue weighted by atomic mass is 35.5. The van der Waals surface area contributed by atoms with Crippen LogP contribution in [0.4, 0.5) is 0 Å². The lowest BCUT2D eigenvalue weighted by atomic mass is 9.92. The minimum absolute atomic E-state index is 0.655. The molecule has 1 aromatic heterocycles. The average molecular weight is 245 g/mol. The van der Waals surface area contributed by atoms with E-state index in [1.165, 1.54) is 24.3 Å². The van der Waals surface area contributed by atoms with Gasteiger partial charge in [0, 0.05) is 23.7 Å². The fraction of sp³-hybridized carbons (Fsp3) is 0.727. The van der Waals surface area contributed by atoms with Crippen LogP contribution in [0.2, 0.25) is 4.47 Å². The Labute approximate surface area is 100 Å². The molecule has 0 aromatic carbocycles. The van der Waals surface area contributed by atoms with E-state index in [1.807, 2.05) is 6.20 Å². The summed E-state index contributed by atoms with van der Waals surface area (Å²) in [5, 5.41) is 0. The third kappa shape index (κ3) is 2.71. The van der Waals surface area contributed by atoms with Crippen molar-refractivity contribution < 1.29 is 0 Å². The minimum atomic E-state index is 0.655. The Morgan fingerprint density at radius 3 is 3.07 bits per heavy atom. The summed E-state index contributed by atoms with van der Waals surface area (Å²) in [6.07, 6.45) is 4.58. The summed E-state index contributed by atoms with van der Waals surface area (Å²) in [6.45, 7) is 6.89. The fourth-order valence-electron chi connectivity index (χ4n) is 2.20. The number of halogens is 1. The number of thiazole rings is 1. The molecule has 2 rings (SSSR count). The predicted molar refractivity (Wildman–Crippen MR) is 65.4 cm³/mol. The van der Waals surface area contributed by atoms with Gasteiger partial charge in [0.05, 0.1) is 0 Å². The van der Waals surface area contributed by atoms with E-state index in [0.717, 1.165) is 12.5 Å². The molecule has 0 radical (unpaired) electrons. The molecule has 4 heteroatoms. The Balaban J connectivity index is 1.99. The van der Waals surface area contributed by atoms with E-state index in [1.54, 1.807) is 11.3 Å². The van der Waals surface area contributed by atoms with E-state index in [0.29, 0.717) is 10.5 Å². The van der Waals surface area contributed by atoms with E-state index in [9.17, 15) is 0 Å². The van der Waals surface area contributed by atoms with Crippen molar-refractivity contribution in [3.8, 4) is 0 Å². The van der Waals surface area contributed by atoms with Crippen LogP contribution in [0, 0.1) is 5.92 Å². The maximum atomic E-state index is 5.83. The van der Waals surface area contributed by atoms with Gasteiger partial charge < -0.3 is 0 Å². The monoisotopic (exact) mass is 244 g/mol. The van der Waals surface area contributed by atoms with Crippen LogP contribution in [-0.4, -0.2) is 22.5 Å². The summed E-state index contributed by atoms with van der Waals surface area (Å²) in [4.78, 5) is 7.90. The van der Waals surface area contributed by atoms with Crippen LogP contribution >= 0.6 is 22.9 Å². The van der Waals surface area contributed by atoms with Gasteiger partial charge in [-0.3, -0.25) is 4.90 Å². The van der Waals surface area contributed by atoms with Gasteiger partial charge in [-0.2, -0.15) is 0 Å². The highest BCUT2D eigenvalue weighted by Crippen LogP contribution is 2.26. The Morgan fingerprint density at radius 1 is 1.60 bits per heavy atom. The summed E-state index contributed by atoms with van der Waals surface area (Å²) < 4.78 is 0.655. The molecular formula is C11H17ClN2S. The molecule has 2 unspecified atom stereocenters. The van der Waals surface area contributed by atoms with Crippen molar-refractivity contribution in [2.75, 3.05) is 6.54 Å². The van der Waals surface area contributed by atoms with Crippen molar-refractivity contribution in [2.24, 2.45) is 5.92 Å². The molecular weight excluding hydrogens is 228 g/mol. The number of nitrogens with zero attached hydrogens (tertiary/aromatic N) is 2. The highest BCUT2D eigenvalue weighted by Gasteiger charge is 2.24. The molecule has 0 aliphatic carbocycles.